The monoisotopic (exact) mass is 491 g/mol. The minimum atomic E-state index is -4.30. The second-order valence-electron chi connectivity index (χ2n) is 8.13. The Morgan fingerprint density at radius 2 is 1.74 bits per heavy atom. The van der Waals surface area contributed by atoms with Crippen molar-refractivity contribution in [2.24, 2.45) is 11.5 Å². The highest BCUT2D eigenvalue weighted by molar-refractivity contribution is 7.89. The number of sulfonamides is 1. The highest BCUT2D eigenvalue weighted by atomic mass is 32.2. The lowest BCUT2D eigenvalue weighted by atomic mass is 10.0. The molecular formula is C23H29N3O7S. The number of rotatable bonds is 11. The van der Waals surface area contributed by atoms with Crippen molar-refractivity contribution >= 4 is 22.0 Å². The van der Waals surface area contributed by atoms with Crippen molar-refractivity contribution in [1.29, 1.82) is 0 Å². The van der Waals surface area contributed by atoms with Gasteiger partial charge in [-0.15, -0.1) is 0 Å². The molecule has 0 saturated heterocycles. The van der Waals surface area contributed by atoms with Crippen LogP contribution in [0.1, 0.15) is 41.6 Å². The second kappa shape index (κ2) is 11.4. The highest BCUT2D eigenvalue weighted by Crippen LogP contribution is 2.26. The molecule has 3 rings (SSSR count). The third kappa shape index (κ3) is 6.76. The van der Waals surface area contributed by atoms with Gasteiger partial charge in [0, 0.05) is 12.0 Å². The van der Waals surface area contributed by atoms with Crippen LogP contribution in [0.15, 0.2) is 59.5 Å². The molecule has 11 heteroatoms. The smallest absolute Gasteiger partial charge is 0.404 e. The summed E-state index contributed by atoms with van der Waals surface area (Å²) in [6.45, 7) is -0.523. The van der Waals surface area contributed by atoms with E-state index in [4.69, 9.17) is 21.0 Å². The second-order valence-corrected chi connectivity index (χ2v) is 9.96. The molecule has 0 bridgehead atoms. The minimum Gasteiger partial charge on any atom is -0.443 e. The Labute approximate surface area is 198 Å². The molecule has 0 aliphatic heterocycles. The van der Waals surface area contributed by atoms with Gasteiger partial charge in [-0.1, -0.05) is 53.7 Å². The zero-order chi connectivity index (χ0) is 24.7. The SMILES string of the molecule is NC(=O)OC(Cc1ccccc1)C(O)CN(OC1CCCC1)S(=O)(=O)c1cccc(C(N)=O)c1. The molecule has 0 radical (unpaired) electrons. The van der Waals surface area contributed by atoms with Crippen LogP contribution in [0.4, 0.5) is 4.79 Å². The van der Waals surface area contributed by atoms with Gasteiger partial charge in [0.05, 0.1) is 17.5 Å². The van der Waals surface area contributed by atoms with Gasteiger partial charge in [0.1, 0.15) is 12.2 Å². The third-order valence-electron chi connectivity index (χ3n) is 5.57. The first-order valence-corrected chi connectivity index (χ1v) is 12.4. The summed E-state index contributed by atoms with van der Waals surface area (Å²) in [7, 11) is -4.30. The molecule has 2 aromatic rings. The number of amides is 2. The van der Waals surface area contributed by atoms with E-state index in [-0.39, 0.29) is 23.0 Å². The number of benzene rings is 2. The Balaban J connectivity index is 1.88. The van der Waals surface area contributed by atoms with Crippen LogP contribution < -0.4 is 11.5 Å². The van der Waals surface area contributed by atoms with Crippen LogP contribution in [0.2, 0.25) is 0 Å². The molecule has 34 heavy (non-hydrogen) atoms. The van der Waals surface area contributed by atoms with E-state index in [2.05, 4.69) is 0 Å². The van der Waals surface area contributed by atoms with Crippen molar-refractivity contribution in [2.45, 2.75) is 55.3 Å². The van der Waals surface area contributed by atoms with Crippen LogP contribution in [0.5, 0.6) is 0 Å². The van der Waals surface area contributed by atoms with Gasteiger partial charge in [0.15, 0.2) is 0 Å². The fraction of sp³-hybridized carbons (Fsp3) is 0.391. The molecule has 2 atom stereocenters. The molecule has 1 saturated carbocycles. The lowest BCUT2D eigenvalue weighted by molar-refractivity contribution is -0.152. The number of primary amides is 2. The van der Waals surface area contributed by atoms with Crippen LogP contribution in [0.25, 0.3) is 0 Å². The normalized spacial score (nSPS) is 16.3. The average Bonchev–Trinajstić information content (AvgIpc) is 3.32. The lowest BCUT2D eigenvalue weighted by Gasteiger charge is -2.29. The van der Waals surface area contributed by atoms with E-state index in [9.17, 15) is 23.1 Å². The fourth-order valence-electron chi connectivity index (χ4n) is 3.81. The molecule has 1 fully saturated rings. The number of carbonyl (C=O) groups is 2. The predicted molar refractivity (Wildman–Crippen MR) is 123 cm³/mol. The minimum absolute atomic E-state index is 0.0152. The number of carbonyl (C=O) groups excluding carboxylic acids is 2. The van der Waals surface area contributed by atoms with Crippen molar-refractivity contribution in [3.8, 4) is 0 Å². The molecule has 1 aliphatic rings. The van der Waals surface area contributed by atoms with Crippen LogP contribution in [-0.2, 0) is 26.0 Å². The Bertz CT molecular complexity index is 1090. The maximum absolute atomic E-state index is 13.4. The van der Waals surface area contributed by atoms with Gasteiger partial charge in [-0.25, -0.2) is 13.2 Å². The van der Waals surface area contributed by atoms with Gasteiger partial charge in [-0.05, 0) is 36.6 Å². The van der Waals surface area contributed by atoms with Gasteiger partial charge in [-0.3, -0.25) is 9.63 Å². The number of aliphatic hydroxyl groups is 1. The summed E-state index contributed by atoms with van der Waals surface area (Å²) in [5.74, 6) is -0.780. The Hall–Kier alpha value is -2.99. The molecule has 184 valence electrons. The summed E-state index contributed by atoms with van der Waals surface area (Å²) in [5, 5.41) is 10.9. The number of hydroxylamine groups is 1. The molecule has 0 aromatic heterocycles. The van der Waals surface area contributed by atoms with E-state index in [1.165, 1.54) is 18.2 Å². The van der Waals surface area contributed by atoms with Crippen molar-refractivity contribution < 1.29 is 32.7 Å². The Morgan fingerprint density at radius 1 is 1.06 bits per heavy atom. The van der Waals surface area contributed by atoms with E-state index in [1.807, 2.05) is 6.07 Å². The first-order valence-electron chi connectivity index (χ1n) is 10.9. The van der Waals surface area contributed by atoms with Crippen molar-refractivity contribution in [1.82, 2.24) is 4.47 Å². The van der Waals surface area contributed by atoms with Crippen LogP contribution in [-0.4, -0.2) is 54.8 Å². The number of hydrogen-bond donors (Lipinski definition) is 3. The Morgan fingerprint density at radius 3 is 2.35 bits per heavy atom. The fourth-order valence-corrected chi connectivity index (χ4v) is 5.15. The summed E-state index contributed by atoms with van der Waals surface area (Å²) in [4.78, 5) is 28.6. The molecule has 5 N–H and O–H groups in total. The van der Waals surface area contributed by atoms with Crippen molar-refractivity contribution in [3.63, 3.8) is 0 Å². The van der Waals surface area contributed by atoms with Gasteiger partial charge in [0.25, 0.3) is 10.0 Å². The average molecular weight is 492 g/mol. The zero-order valence-corrected chi connectivity index (χ0v) is 19.4. The van der Waals surface area contributed by atoms with E-state index < -0.39 is 40.8 Å². The topological polar surface area (TPSA) is 162 Å². The standard InChI is InChI=1S/C23H29N3O7S/c24-22(28)17-9-6-12-19(14-17)34(30,31)26(33-18-10-4-5-11-18)15-20(27)21(32-23(25)29)13-16-7-2-1-3-8-16/h1-3,6-9,12,14,18,20-21,27H,4-5,10-11,13,15H2,(H2,24,28)(H2,25,29). The largest absolute Gasteiger partial charge is 0.443 e. The maximum atomic E-state index is 13.4. The summed E-state index contributed by atoms with van der Waals surface area (Å²) in [6.07, 6.45) is -0.821. The third-order valence-corrected chi connectivity index (χ3v) is 7.19. The van der Waals surface area contributed by atoms with E-state index >= 15 is 0 Å². The molecule has 1 aliphatic carbocycles. The van der Waals surface area contributed by atoms with Gasteiger partial charge in [0.2, 0.25) is 5.91 Å². The quantitative estimate of drug-likeness (QED) is 0.403. The zero-order valence-electron chi connectivity index (χ0n) is 18.6. The number of nitrogens with zero attached hydrogens (tertiary/aromatic N) is 1. The van der Waals surface area contributed by atoms with E-state index in [1.54, 1.807) is 24.3 Å². The summed E-state index contributed by atoms with van der Waals surface area (Å²) >= 11 is 0. The highest BCUT2D eigenvalue weighted by Gasteiger charge is 2.35. The summed E-state index contributed by atoms with van der Waals surface area (Å²) in [5.41, 5.74) is 11.3. The molecule has 2 amide bonds. The number of ether oxygens (including phenoxy) is 1. The van der Waals surface area contributed by atoms with Crippen molar-refractivity contribution in [3.05, 3.63) is 65.7 Å². The van der Waals surface area contributed by atoms with Crippen LogP contribution >= 0.6 is 0 Å². The predicted octanol–water partition coefficient (Wildman–Crippen LogP) is 1.72. The molecular weight excluding hydrogens is 462 g/mol. The number of nitrogens with two attached hydrogens (primary N) is 2. The summed E-state index contributed by atoms with van der Waals surface area (Å²) < 4.78 is 32.7. The van der Waals surface area contributed by atoms with Gasteiger partial charge in [-0.2, -0.15) is 0 Å². The number of hydrogen-bond acceptors (Lipinski definition) is 7. The number of aliphatic hydroxyl groups excluding tert-OH is 1. The molecule has 2 aromatic carbocycles. The van der Waals surface area contributed by atoms with Crippen LogP contribution in [0.3, 0.4) is 0 Å². The maximum Gasteiger partial charge on any atom is 0.404 e. The first kappa shape index (κ1) is 25.6. The molecule has 0 spiro atoms. The summed E-state index contributed by atoms with van der Waals surface area (Å²) in [6, 6.07) is 14.2. The molecule has 10 nitrogen and oxygen atoms in total. The van der Waals surface area contributed by atoms with E-state index in [0.29, 0.717) is 17.3 Å². The lowest BCUT2D eigenvalue weighted by Crippen LogP contribution is -2.46. The molecule has 2 unspecified atom stereocenters. The van der Waals surface area contributed by atoms with E-state index in [0.717, 1.165) is 24.5 Å². The van der Waals surface area contributed by atoms with Gasteiger partial charge < -0.3 is 21.3 Å². The first-order chi connectivity index (χ1) is 16.2. The Kier molecular flexibility index (Phi) is 8.61. The molecule has 0 heterocycles. The van der Waals surface area contributed by atoms with Gasteiger partial charge >= 0.3 is 6.09 Å². The van der Waals surface area contributed by atoms with Crippen LogP contribution in [0, 0.1) is 0 Å². The van der Waals surface area contributed by atoms with Crippen molar-refractivity contribution in [2.75, 3.05) is 6.54 Å².